The highest BCUT2D eigenvalue weighted by atomic mass is 35.5. The first-order chi connectivity index (χ1) is 11.3. The van der Waals surface area contributed by atoms with Gasteiger partial charge in [-0.2, -0.15) is 5.26 Å². The number of aromatic nitrogens is 3. The van der Waals surface area contributed by atoms with Gasteiger partial charge in [0.25, 0.3) is 0 Å². The van der Waals surface area contributed by atoms with E-state index in [2.05, 4.69) is 25.5 Å². The van der Waals surface area contributed by atoms with Gasteiger partial charge in [0.1, 0.15) is 11.9 Å². The number of nitriles is 1. The predicted octanol–water partition coefficient (Wildman–Crippen LogP) is 3.13. The molecule has 0 spiro atoms. The average molecular weight is 328 g/mol. The van der Waals surface area contributed by atoms with Crippen LogP contribution in [0.15, 0.2) is 18.5 Å². The minimum atomic E-state index is 0.299. The van der Waals surface area contributed by atoms with E-state index < -0.39 is 0 Å². The molecule has 2 aromatic rings. The van der Waals surface area contributed by atoms with Crippen LogP contribution in [0.1, 0.15) is 42.4 Å². The summed E-state index contributed by atoms with van der Waals surface area (Å²) in [5, 5.41) is 9.51. The lowest BCUT2D eigenvalue weighted by atomic mass is 10.0. The largest absolute Gasteiger partial charge is 0.354 e. The first-order valence-corrected chi connectivity index (χ1v) is 8.50. The number of rotatable bonds is 2. The molecule has 0 saturated carbocycles. The molecular formula is C17H18ClN5. The molecule has 0 bridgehead atoms. The molecular weight excluding hydrogens is 310 g/mol. The molecule has 1 saturated heterocycles. The number of hydrogen-bond donors (Lipinski definition) is 0. The van der Waals surface area contributed by atoms with E-state index in [1.165, 1.54) is 24.2 Å². The van der Waals surface area contributed by atoms with Crippen molar-refractivity contribution in [1.29, 1.82) is 5.26 Å². The summed E-state index contributed by atoms with van der Waals surface area (Å²) >= 11 is 5.98. The quantitative estimate of drug-likeness (QED) is 0.850. The summed E-state index contributed by atoms with van der Waals surface area (Å²) in [6.45, 7) is 1.85. The van der Waals surface area contributed by atoms with Crippen LogP contribution in [0.25, 0.3) is 0 Å². The molecule has 23 heavy (non-hydrogen) atoms. The molecule has 118 valence electrons. The van der Waals surface area contributed by atoms with E-state index in [0.29, 0.717) is 16.8 Å². The smallest absolute Gasteiger partial charge is 0.161 e. The van der Waals surface area contributed by atoms with Crippen molar-refractivity contribution in [3.05, 3.63) is 40.6 Å². The van der Waals surface area contributed by atoms with E-state index in [-0.39, 0.29) is 0 Å². The Labute approximate surface area is 140 Å². The van der Waals surface area contributed by atoms with Crippen molar-refractivity contribution in [2.75, 3.05) is 18.0 Å². The van der Waals surface area contributed by atoms with Crippen molar-refractivity contribution in [3.8, 4) is 6.07 Å². The SMILES string of the molecule is N#Cc1nc(N2CC[C@H](n3cnc4c3CCCC4)C2)ccc1Cl. The Kier molecular flexibility index (Phi) is 3.70. The molecule has 3 heterocycles. The van der Waals surface area contributed by atoms with Crippen LogP contribution >= 0.6 is 11.6 Å². The molecule has 0 aromatic carbocycles. The van der Waals surface area contributed by atoms with Crippen molar-refractivity contribution in [2.24, 2.45) is 0 Å². The van der Waals surface area contributed by atoms with E-state index in [4.69, 9.17) is 16.9 Å². The number of pyridine rings is 1. The summed E-state index contributed by atoms with van der Waals surface area (Å²) in [5.41, 5.74) is 3.00. The molecule has 6 heteroatoms. The highest BCUT2D eigenvalue weighted by molar-refractivity contribution is 6.31. The minimum absolute atomic E-state index is 0.299. The second-order valence-electron chi connectivity index (χ2n) is 6.25. The second kappa shape index (κ2) is 5.86. The normalized spacial score (nSPS) is 20.3. The van der Waals surface area contributed by atoms with Crippen molar-refractivity contribution in [2.45, 2.75) is 38.1 Å². The van der Waals surface area contributed by atoms with Gasteiger partial charge in [-0.15, -0.1) is 0 Å². The third-order valence-electron chi connectivity index (χ3n) is 4.88. The van der Waals surface area contributed by atoms with Crippen molar-refractivity contribution < 1.29 is 0 Å². The molecule has 5 nitrogen and oxygen atoms in total. The number of anilines is 1. The van der Waals surface area contributed by atoms with Crippen LogP contribution in [0.2, 0.25) is 5.02 Å². The fourth-order valence-electron chi connectivity index (χ4n) is 3.67. The van der Waals surface area contributed by atoms with E-state index in [1.807, 2.05) is 12.4 Å². The lowest BCUT2D eigenvalue weighted by Gasteiger charge is -2.21. The number of imidazole rings is 1. The number of fused-ring (bicyclic) bond motifs is 1. The fraction of sp³-hybridized carbons (Fsp3) is 0.471. The number of hydrogen-bond acceptors (Lipinski definition) is 4. The molecule has 1 atom stereocenters. The van der Waals surface area contributed by atoms with Crippen LogP contribution < -0.4 is 4.90 Å². The van der Waals surface area contributed by atoms with Crippen molar-refractivity contribution in [1.82, 2.24) is 14.5 Å². The van der Waals surface area contributed by atoms with Gasteiger partial charge in [-0.25, -0.2) is 9.97 Å². The second-order valence-corrected chi connectivity index (χ2v) is 6.66. The Morgan fingerprint density at radius 2 is 2.13 bits per heavy atom. The zero-order valence-electron chi connectivity index (χ0n) is 12.9. The van der Waals surface area contributed by atoms with Gasteiger partial charge in [0, 0.05) is 18.8 Å². The maximum absolute atomic E-state index is 9.09. The first kappa shape index (κ1) is 14.5. The Hall–Kier alpha value is -2.06. The molecule has 0 amide bonds. The molecule has 2 aromatic heterocycles. The highest BCUT2D eigenvalue weighted by Gasteiger charge is 2.28. The van der Waals surface area contributed by atoms with Gasteiger partial charge >= 0.3 is 0 Å². The van der Waals surface area contributed by atoms with Gasteiger partial charge in [-0.3, -0.25) is 0 Å². The molecule has 0 N–H and O–H groups in total. The van der Waals surface area contributed by atoms with Crippen LogP contribution in [0.4, 0.5) is 5.82 Å². The molecule has 4 rings (SSSR count). The summed E-state index contributed by atoms with van der Waals surface area (Å²) in [7, 11) is 0. The molecule has 1 aliphatic heterocycles. The Balaban J connectivity index is 1.56. The van der Waals surface area contributed by atoms with E-state index >= 15 is 0 Å². The van der Waals surface area contributed by atoms with E-state index in [0.717, 1.165) is 38.2 Å². The van der Waals surface area contributed by atoms with Crippen LogP contribution in [0.5, 0.6) is 0 Å². The molecule has 2 aliphatic rings. The highest BCUT2D eigenvalue weighted by Crippen LogP contribution is 2.30. The number of nitrogens with zero attached hydrogens (tertiary/aromatic N) is 5. The van der Waals surface area contributed by atoms with Gasteiger partial charge in [0.05, 0.1) is 23.1 Å². The van der Waals surface area contributed by atoms with Crippen molar-refractivity contribution >= 4 is 17.4 Å². The Bertz CT molecular complexity index is 776. The third-order valence-corrected chi connectivity index (χ3v) is 5.18. The molecule has 1 fully saturated rings. The summed E-state index contributed by atoms with van der Waals surface area (Å²) in [4.78, 5) is 11.2. The third kappa shape index (κ3) is 2.57. The van der Waals surface area contributed by atoms with Crippen LogP contribution in [-0.4, -0.2) is 27.6 Å². The van der Waals surface area contributed by atoms with Gasteiger partial charge in [-0.1, -0.05) is 11.6 Å². The van der Waals surface area contributed by atoms with Gasteiger partial charge in [0.2, 0.25) is 0 Å². The maximum Gasteiger partial charge on any atom is 0.161 e. The summed E-state index contributed by atoms with van der Waals surface area (Å²) < 4.78 is 2.37. The summed E-state index contributed by atoms with van der Waals surface area (Å²) in [6, 6.07) is 6.15. The molecule has 1 aliphatic carbocycles. The number of aryl methyl sites for hydroxylation is 1. The predicted molar refractivity (Wildman–Crippen MR) is 88.7 cm³/mol. The van der Waals surface area contributed by atoms with Gasteiger partial charge in [0.15, 0.2) is 5.69 Å². The maximum atomic E-state index is 9.09. The van der Waals surface area contributed by atoms with Gasteiger partial charge < -0.3 is 9.47 Å². The monoisotopic (exact) mass is 327 g/mol. The van der Waals surface area contributed by atoms with Crippen molar-refractivity contribution in [3.63, 3.8) is 0 Å². The van der Waals surface area contributed by atoms with E-state index in [1.54, 1.807) is 6.07 Å². The Morgan fingerprint density at radius 3 is 3.00 bits per heavy atom. The zero-order valence-corrected chi connectivity index (χ0v) is 13.6. The molecule has 0 unspecified atom stereocenters. The van der Waals surface area contributed by atoms with Crippen LogP contribution in [-0.2, 0) is 12.8 Å². The minimum Gasteiger partial charge on any atom is -0.354 e. The topological polar surface area (TPSA) is 57.7 Å². The van der Waals surface area contributed by atoms with E-state index in [9.17, 15) is 0 Å². The molecule has 0 radical (unpaired) electrons. The zero-order chi connectivity index (χ0) is 15.8. The van der Waals surface area contributed by atoms with Crippen LogP contribution in [0, 0.1) is 11.3 Å². The lowest BCUT2D eigenvalue weighted by Crippen LogP contribution is -2.23. The Morgan fingerprint density at radius 1 is 1.26 bits per heavy atom. The summed E-state index contributed by atoms with van der Waals surface area (Å²) in [6.07, 6.45) is 7.87. The van der Waals surface area contributed by atoms with Crippen LogP contribution in [0.3, 0.4) is 0 Å². The lowest BCUT2D eigenvalue weighted by molar-refractivity contribution is 0.515. The first-order valence-electron chi connectivity index (χ1n) is 8.12. The number of halogens is 1. The summed E-state index contributed by atoms with van der Waals surface area (Å²) in [5.74, 6) is 0.836. The standard InChI is InChI=1S/C17H18ClN5/c18-13-5-6-17(21-15(13)9-19)22-8-7-12(10-22)23-11-20-14-3-1-2-4-16(14)23/h5-6,11-12H,1-4,7-8,10H2/t12-/m0/s1. The van der Waals surface area contributed by atoms with Gasteiger partial charge in [-0.05, 0) is 44.2 Å². The fourth-order valence-corrected chi connectivity index (χ4v) is 3.82. The average Bonchev–Trinajstić information content (AvgIpc) is 3.21.